The Labute approximate surface area is 109 Å². The van der Waals surface area contributed by atoms with Crippen molar-refractivity contribution in [1.82, 2.24) is 9.97 Å². The number of nitrogens with zero attached hydrogens (tertiary/aromatic N) is 2. The number of carboxylic acid groups (broad SMARTS) is 1. The third-order valence-electron chi connectivity index (χ3n) is 2.49. The molecule has 0 radical (unpaired) electrons. The zero-order valence-corrected chi connectivity index (χ0v) is 10.6. The number of nitrogens with one attached hydrogen (secondary N) is 1. The fraction of sp³-hybridized carbons (Fsp3) is 0.250. The minimum Gasteiger partial charge on any atom is -0.478 e. The summed E-state index contributed by atoms with van der Waals surface area (Å²) in [5, 5.41) is 15.0. The molecule has 1 atom stereocenters. The van der Waals surface area contributed by atoms with Crippen LogP contribution in [-0.2, 0) is 0 Å². The second kappa shape index (κ2) is 5.59. The maximum absolute atomic E-state index is 10.7. The number of thiazole rings is 1. The summed E-state index contributed by atoms with van der Waals surface area (Å²) < 4.78 is 0. The Bertz CT molecular complexity index is 511. The lowest BCUT2D eigenvalue weighted by Crippen LogP contribution is -2.10. The highest BCUT2D eigenvalue weighted by molar-refractivity contribution is 7.09. The van der Waals surface area contributed by atoms with Gasteiger partial charge in [-0.3, -0.25) is 0 Å². The molecule has 2 N–H and O–H groups in total. The number of aromatic nitrogens is 2. The molecule has 0 aliphatic carbocycles. The van der Waals surface area contributed by atoms with Gasteiger partial charge in [0, 0.05) is 17.8 Å². The van der Waals surface area contributed by atoms with Crippen molar-refractivity contribution >= 4 is 23.1 Å². The molecule has 0 bridgehead atoms. The second-order valence-corrected chi connectivity index (χ2v) is 4.64. The van der Waals surface area contributed by atoms with E-state index in [0.29, 0.717) is 5.82 Å². The van der Waals surface area contributed by atoms with Crippen LogP contribution in [0.25, 0.3) is 0 Å². The number of rotatable bonds is 5. The highest BCUT2D eigenvalue weighted by Gasteiger charge is 2.12. The largest absolute Gasteiger partial charge is 0.478 e. The normalized spacial score (nSPS) is 12.1. The molecule has 5 nitrogen and oxygen atoms in total. The Morgan fingerprint density at radius 2 is 2.33 bits per heavy atom. The second-order valence-electron chi connectivity index (χ2n) is 3.71. The van der Waals surface area contributed by atoms with Gasteiger partial charge in [0.25, 0.3) is 0 Å². The van der Waals surface area contributed by atoms with Gasteiger partial charge in [0.05, 0.1) is 11.6 Å². The van der Waals surface area contributed by atoms with E-state index in [4.69, 9.17) is 5.11 Å². The Hall–Kier alpha value is -1.95. The molecular weight excluding hydrogens is 250 g/mol. The van der Waals surface area contributed by atoms with Gasteiger partial charge < -0.3 is 10.4 Å². The number of carbonyl (C=O) groups is 1. The van der Waals surface area contributed by atoms with Crippen LogP contribution in [0.3, 0.4) is 0 Å². The summed E-state index contributed by atoms with van der Waals surface area (Å²) in [7, 11) is 0. The van der Waals surface area contributed by atoms with E-state index < -0.39 is 5.97 Å². The molecule has 2 rings (SSSR count). The van der Waals surface area contributed by atoms with Gasteiger partial charge in [0.2, 0.25) is 0 Å². The first kappa shape index (κ1) is 12.5. The standard InChI is InChI=1S/C12H13N3O2S/c1-2-9(11-13-5-6-18-11)15-10-4-3-8(7-14-10)12(16)17/h3-7,9H,2H2,1H3,(H,14,15)(H,16,17). The average molecular weight is 263 g/mol. The summed E-state index contributed by atoms with van der Waals surface area (Å²) >= 11 is 1.59. The smallest absolute Gasteiger partial charge is 0.337 e. The predicted molar refractivity (Wildman–Crippen MR) is 70.0 cm³/mol. The first-order chi connectivity index (χ1) is 8.70. The fourth-order valence-corrected chi connectivity index (χ4v) is 2.30. The van der Waals surface area contributed by atoms with E-state index >= 15 is 0 Å². The lowest BCUT2D eigenvalue weighted by molar-refractivity contribution is 0.0696. The van der Waals surface area contributed by atoms with Crippen LogP contribution in [-0.4, -0.2) is 21.0 Å². The predicted octanol–water partition coefficient (Wildman–Crippen LogP) is 2.80. The van der Waals surface area contributed by atoms with Gasteiger partial charge in [-0.15, -0.1) is 11.3 Å². The molecule has 0 aromatic carbocycles. The molecule has 2 heterocycles. The molecule has 6 heteroatoms. The molecular formula is C12H13N3O2S. The molecule has 2 aromatic rings. The Kier molecular flexibility index (Phi) is 3.88. The van der Waals surface area contributed by atoms with E-state index in [9.17, 15) is 4.79 Å². The van der Waals surface area contributed by atoms with Crippen LogP contribution in [0.15, 0.2) is 29.9 Å². The van der Waals surface area contributed by atoms with Gasteiger partial charge in [-0.1, -0.05) is 6.92 Å². The highest BCUT2D eigenvalue weighted by Crippen LogP contribution is 2.23. The van der Waals surface area contributed by atoms with Crippen molar-refractivity contribution in [1.29, 1.82) is 0 Å². The van der Waals surface area contributed by atoms with Crippen LogP contribution < -0.4 is 5.32 Å². The number of aromatic carboxylic acids is 1. The minimum atomic E-state index is -0.971. The quantitative estimate of drug-likeness (QED) is 0.867. The lowest BCUT2D eigenvalue weighted by Gasteiger charge is -2.14. The topological polar surface area (TPSA) is 75.1 Å². The molecule has 0 aliphatic rings. The first-order valence-corrected chi connectivity index (χ1v) is 6.44. The molecule has 0 saturated carbocycles. The van der Waals surface area contributed by atoms with Crippen LogP contribution in [0.5, 0.6) is 0 Å². The summed E-state index contributed by atoms with van der Waals surface area (Å²) in [6, 6.07) is 3.31. The van der Waals surface area contributed by atoms with Crippen LogP contribution in [0, 0.1) is 0 Å². The third kappa shape index (κ3) is 2.84. The molecule has 18 heavy (non-hydrogen) atoms. The number of pyridine rings is 1. The van der Waals surface area contributed by atoms with Crippen molar-refractivity contribution in [3.05, 3.63) is 40.5 Å². The summed E-state index contributed by atoms with van der Waals surface area (Å²) in [4.78, 5) is 19.1. The molecule has 1 unspecified atom stereocenters. The van der Waals surface area contributed by atoms with E-state index in [-0.39, 0.29) is 11.6 Å². The van der Waals surface area contributed by atoms with Gasteiger partial charge in [-0.25, -0.2) is 14.8 Å². The third-order valence-corrected chi connectivity index (χ3v) is 3.38. The molecule has 94 valence electrons. The van der Waals surface area contributed by atoms with Gasteiger partial charge in [-0.05, 0) is 18.6 Å². The average Bonchev–Trinajstić information content (AvgIpc) is 2.90. The molecule has 0 spiro atoms. The SMILES string of the molecule is CCC(Nc1ccc(C(=O)O)cn1)c1nccs1. The van der Waals surface area contributed by atoms with Crippen molar-refractivity contribution in [3.63, 3.8) is 0 Å². The first-order valence-electron chi connectivity index (χ1n) is 5.56. The molecule has 0 fully saturated rings. The molecule has 2 aromatic heterocycles. The summed E-state index contributed by atoms with van der Waals surface area (Å²) in [6.45, 7) is 2.06. The maximum Gasteiger partial charge on any atom is 0.337 e. The number of carboxylic acids is 1. The molecule has 0 aliphatic heterocycles. The Balaban J connectivity index is 2.10. The van der Waals surface area contributed by atoms with Crippen molar-refractivity contribution in [3.8, 4) is 0 Å². The van der Waals surface area contributed by atoms with E-state index in [1.165, 1.54) is 12.3 Å². The van der Waals surface area contributed by atoms with Crippen molar-refractivity contribution < 1.29 is 9.90 Å². The van der Waals surface area contributed by atoms with Gasteiger partial charge in [-0.2, -0.15) is 0 Å². The monoisotopic (exact) mass is 263 g/mol. The summed E-state index contributed by atoms with van der Waals surface area (Å²) in [6.07, 6.45) is 4.00. The maximum atomic E-state index is 10.7. The van der Waals surface area contributed by atoms with Crippen LogP contribution in [0.2, 0.25) is 0 Å². The van der Waals surface area contributed by atoms with E-state index in [0.717, 1.165) is 11.4 Å². The molecule has 0 saturated heterocycles. The minimum absolute atomic E-state index is 0.105. The molecule has 0 amide bonds. The highest BCUT2D eigenvalue weighted by atomic mass is 32.1. The van der Waals surface area contributed by atoms with Crippen molar-refractivity contribution in [2.24, 2.45) is 0 Å². The van der Waals surface area contributed by atoms with Crippen molar-refractivity contribution in [2.75, 3.05) is 5.32 Å². The lowest BCUT2D eigenvalue weighted by atomic mass is 10.2. The van der Waals surface area contributed by atoms with Crippen LogP contribution >= 0.6 is 11.3 Å². The Morgan fingerprint density at radius 1 is 1.50 bits per heavy atom. The van der Waals surface area contributed by atoms with Gasteiger partial charge >= 0.3 is 5.97 Å². The van der Waals surface area contributed by atoms with Gasteiger partial charge in [0.1, 0.15) is 10.8 Å². The number of hydrogen-bond donors (Lipinski definition) is 2. The summed E-state index contributed by atoms with van der Waals surface area (Å²) in [5.41, 5.74) is 0.183. The van der Waals surface area contributed by atoms with E-state index in [1.807, 2.05) is 5.38 Å². The van der Waals surface area contributed by atoms with Gasteiger partial charge in [0.15, 0.2) is 0 Å². The van der Waals surface area contributed by atoms with Crippen LogP contribution in [0.4, 0.5) is 5.82 Å². The summed E-state index contributed by atoms with van der Waals surface area (Å²) in [5.74, 6) is -0.317. The van der Waals surface area contributed by atoms with E-state index in [2.05, 4.69) is 22.2 Å². The number of hydrogen-bond acceptors (Lipinski definition) is 5. The number of anilines is 1. The van der Waals surface area contributed by atoms with Crippen molar-refractivity contribution in [2.45, 2.75) is 19.4 Å². The van der Waals surface area contributed by atoms with E-state index in [1.54, 1.807) is 23.6 Å². The zero-order chi connectivity index (χ0) is 13.0. The zero-order valence-electron chi connectivity index (χ0n) is 9.83. The Morgan fingerprint density at radius 3 is 2.83 bits per heavy atom. The van der Waals surface area contributed by atoms with Crippen LogP contribution in [0.1, 0.15) is 34.8 Å². The fourth-order valence-electron chi connectivity index (χ4n) is 1.53.